The Morgan fingerprint density at radius 1 is 1.42 bits per heavy atom. The van der Waals surface area contributed by atoms with E-state index in [0.29, 0.717) is 24.0 Å². The second kappa shape index (κ2) is 7.94. The summed E-state index contributed by atoms with van der Waals surface area (Å²) in [4.78, 5) is 3.29. The number of hydrogen-bond acceptors (Lipinski definition) is 4. The van der Waals surface area contributed by atoms with Crippen LogP contribution in [0.15, 0.2) is 17.2 Å². The maximum Gasteiger partial charge on any atom is 0.242 e. The molecule has 110 valence electrons. The number of aromatic nitrogens is 1. The Hall–Kier alpha value is -0.500. The van der Waals surface area contributed by atoms with Crippen molar-refractivity contribution in [3.8, 4) is 0 Å². The number of aromatic amines is 1. The lowest BCUT2D eigenvalue weighted by Crippen LogP contribution is -2.25. The first-order chi connectivity index (χ1) is 8.95. The van der Waals surface area contributed by atoms with Crippen molar-refractivity contribution in [1.29, 1.82) is 0 Å². The highest BCUT2D eigenvalue weighted by Crippen LogP contribution is 2.10. The van der Waals surface area contributed by atoms with Crippen LogP contribution in [0.25, 0.3) is 0 Å². The number of sulfonamides is 1. The molecule has 0 amide bonds. The average molecular weight is 305 g/mol. The van der Waals surface area contributed by atoms with Gasteiger partial charge in [0.05, 0.1) is 4.90 Å². The lowest BCUT2D eigenvalue weighted by molar-refractivity contribution is 0.580. The summed E-state index contributed by atoms with van der Waals surface area (Å²) in [5, 5.41) is 3.24. The molecular formula is C12H23N3O2S2. The smallest absolute Gasteiger partial charge is 0.242 e. The third kappa shape index (κ3) is 5.99. The average Bonchev–Trinajstić information content (AvgIpc) is 2.82. The molecule has 0 aliphatic carbocycles. The zero-order valence-corrected chi connectivity index (χ0v) is 13.3. The summed E-state index contributed by atoms with van der Waals surface area (Å²) in [7, 11) is -3.38. The van der Waals surface area contributed by atoms with Crippen molar-refractivity contribution in [2.45, 2.75) is 37.8 Å². The summed E-state index contributed by atoms with van der Waals surface area (Å²) < 4.78 is 26.6. The summed E-state index contributed by atoms with van der Waals surface area (Å²) in [6.45, 7) is 5.22. The van der Waals surface area contributed by atoms with Gasteiger partial charge in [0.2, 0.25) is 10.0 Å². The van der Waals surface area contributed by atoms with E-state index in [2.05, 4.69) is 15.0 Å². The third-order valence-electron chi connectivity index (χ3n) is 2.54. The van der Waals surface area contributed by atoms with Crippen molar-refractivity contribution in [3.05, 3.63) is 18.0 Å². The van der Waals surface area contributed by atoms with Gasteiger partial charge in [-0.05, 0) is 24.5 Å². The quantitative estimate of drug-likeness (QED) is 0.605. The van der Waals surface area contributed by atoms with Gasteiger partial charge in [-0.2, -0.15) is 11.8 Å². The highest BCUT2D eigenvalue weighted by atomic mass is 32.2. The molecule has 19 heavy (non-hydrogen) atoms. The second-order valence-corrected chi connectivity index (χ2v) is 7.39. The molecule has 1 aromatic heterocycles. The van der Waals surface area contributed by atoms with Crippen molar-refractivity contribution in [2.24, 2.45) is 0 Å². The van der Waals surface area contributed by atoms with Crippen molar-refractivity contribution >= 4 is 21.8 Å². The molecule has 0 atom stereocenters. The number of rotatable bonds is 9. The largest absolute Gasteiger partial charge is 0.363 e. The highest BCUT2D eigenvalue weighted by Gasteiger charge is 2.15. The Morgan fingerprint density at radius 2 is 2.16 bits per heavy atom. The molecule has 3 N–H and O–H groups in total. The molecule has 5 nitrogen and oxygen atoms in total. The fraction of sp³-hybridized carbons (Fsp3) is 0.667. The molecule has 1 heterocycles. The van der Waals surface area contributed by atoms with Gasteiger partial charge in [-0.3, -0.25) is 0 Å². The Labute approximate surface area is 120 Å². The summed E-state index contributed by atoms with van der Waals surface area (Å²) in [6.07, 6.45) is 4.38. The van der Waals surface area contributed by atoms with Crippen LogP contribution >= 0.6 is 11.8 Å². The lowest BCUT2D eigenvalue weighted by Gasteiger charge is -2.05. The Morgan fingerprint density at radius 3 is 2.79 bits per heavy atom. The van der Waals surface area contributed by atoms with Gasteiger partial charge in [0.15, 0.2) is 0 Å². The van der Waals surface area contributed by atoms with Crippen LogP contribution in [0.1, 0.15) is 26.0 Å². The van der Waals surface area contributed by atoms with Crippen LogP contribution in [0.2, 0.25) is 0 Å². The predicted molar refractivity (Wildman–Crippen MR) is 81.0 cm³/mol. The lowest BCUT2D eigenvalue weighted by atomic mass is 10.3. The molecule has 0 bridgehead atoms. The van der Waals surface area contributed by atoms with Crippen LogP contribution in [0, 0.1) is 0 Å². The zero-order chi connectivity index (χ0) is 14.3. The van der Waals surface area contributed by atoms with Crippen LogP contribution in [0.4, 0.5) is 0 Å². The molecular weight excluding hydrogens is 282 g/mol. The number of thioether (sulfide) groups is 1. The molecule has 0 aromatic carbocycles. The van der Waals surface area contributed by atoms with Gasteiger partial charge in [-0.15, -0.1) is 0 Å². The van der Waals surface area contributed by atoms with Crippen molar-refractivity contribution in [1.82, 2.24) is 15.0 Å². The van der Waals surface area contributed by atoms with E-state index in [1.807, 2.05) is 20.1 Å². The molecule has 7 heteroatoms. The monoisotopic (exact) mass is 305 g/mol. The molecule has 0 fully saturated rings. The number of nitrogens with one attached hydrogen (secondary N) is 3. The van der Waals surface area contributed by atoms with Crippen molar-refractivity contribution in [3.63, 3.8) is 0 Å². The van der Waals surface area contributed by atoms with E-state index in [1.54, 1.807) is 17.8 Å². The predicted octanol–water partition coefficient (Wildman–Crippen LogP) is 1.54. The van der Waals surface area contributed by atoms with Gasteiger partial charge in [0.25, 0.3) is 0 Å². The molecule has 0 unspecified atom stereocenters. The van der Waals surface area contributed by atoms with Crippen molar-refractivity contribution < 1.29 is 8.42 Å². The van der Waals surface area contributed by atoms with Crippen LogP contribution in [-0.4, -0.2) is 38.0 Å². The van der Waals surface area contributed by atoms with Crippen LogP contribution in [-0.2, 0) is 16.6 Å². The van der Waals surface area contributed by atoms with Gasteiger partial charge in [0, 0.05) is 31.0 Å². The summed E-state index contributed by atoms with van der Waals surface area (Å²) in [6, 6.07) is 2.04. The van der Waals surface area contributed by atoms with Crippen LogP contribution < -0.4 is 10.0 Å². The fourth-order valence-corrected chi connectivity index (χ4v) is 3.02. The van der Waals surface area contributed by atoms with E-state index in [-0.39, 0.29) is 0 Å². The minimum absolute atomic E-state index is 0.303. The fourth-order valence-electron chi connectivity index (χ4n) is 1.50. The van der Waals surface area contributed by atoms with Crippen LogP contribution in [0.3, 0.4) is 0 Å². The highest BCUT2D eigenvalue weighted by molar-refractivity contribution is 7.98. The molecule has 0 spiro atoms. The second-order valence-electron chi connectivity index (χ2n) is 4.64. The van der Waals surface area contributed by atoms with Gasteiger partial charge in [-0.1, -0.05) is 13.8 Å². The molecule has 1 rings (SSSR count). The minimum Gasteiger partial charge on any atom is -0.363 e. The maximum absolute atomic E-state index is 12.0. The summed E-state index contributed by atoms with van der Waals surface area (Å²) in [5.74, 6) is 0.958. The van der Waals surface area contributed by atoms with Gasteiger partial charge >= 0.3 is 0 Å². The molecule has 0 aliphatic rings. The topological polar surface area (TPSA) is 74.0 Å². The maximum atomic E-state index is 12.0. The Kier molecular flexibility index (Phi) is 6.92. The summed E-state index contributed by atoms with van der Waals surface area (Å²) in [5.41, 5.74) is 0.873. The first-order valence-corrected chi connectivity index (χ1v) is 9.22. The van der Waals surface area contributed by atoms with Crippen molar-refractivity contribution in [2.75, 3.05) is 18.6 Å². The Balaban J connectivity index is 2.53. The van der Waals surface area contributed by atoms with E-state index in [9.17, 15) is 8.42 Å². The van der Waals surface area contributed by atoms with E-state index >= 15 is 0 Å². The normalized spacial score (nSPS) is 12.2. The Bertz CT molecular complexity index is 469. The standard InChI is InChI=1S/C12H23N3O2S2/c1-10(2)13-8-11-7-12(9-14-11)19(16,17)15-5-4-6-18-3/h7,9-10,13-15H,4-6,8H2,1-3H3. The molecule has 0 aliphatic heterocycles. The van der Waals surface area contributed by atoms with E-state index < -0.39 is 10.0 Å². The first-order valence-electron chi connectivity index (χ1n) is 6.35. The summed E-state index contributed by atoms with van der Waals surface area (Å²) >= 11 is 1.71. The first kappa shape index (κ1) is 16.6. The number of hydrogen-bond donors (Lipinski definition) is 3. The molecule has 1 aromatic rings. The zero-order valence-electron chi connectivity index (χ0n) is 11.7. The number of H-pyrrole nitrogens is 1. The molecule has 0 radical (unpaired) electrons. The SMILES string of the molecule is CSCCCNS(=O)(=O)c1c[nH]c(CNC(C)C)c1. The van der Waals surface area contributed by atoms with Gasteiger partial charge in [0.1, 0.15) is 0 Å². The molecule has 0 saturated carbocycles. The van der Waals surface area contributed by atoms with E-state index in [0.717, 1.165) is 17.9 Å². The van der Waals surface area contributed by atoms with E-state index in [4.69, 9.17) is 0 Å². The van der Waals surface area contributed by atoms with E-state index in [1.165, 1.54) is 6.20 Å². The van der Waals surface area contributed by atoms with Gasteiger partial charge in [-0.25, -0.2) is 13.1 Å². The molecule has 0 saturated heterocycles. The minimum atomic E-state index is -3.38. The van der Waals surface area contributed by atoms with Gasteiger partial charge < -0.3 is 10.3 Å². The van der Waals surface area contributed by atoms with Crippen LogP contribution in [0.5, 0.6) is 0 Å². The third-order valence-corrected chi connectivity index (χ3v) is 4.68.